The third-order valence-electron chi connectivity index (χ3n) is 2.96. The van der Waals surface area contributed by atoms with Crippen LogP contribution in [0.2, 0.25) is 0 Å². The van der Waals surface area contributed by atoms with Crippen molar-refractivity contribution < 1.29 is 14.0 Å². The third-order valence-corrected chi connectivity index (χ3v) is 4.10. The Morgan fingerprint density at radius 3 is 2.55 bits per heavy atom. The van der Waals surface area contributed by atoms with E-state index in [2.05, 4.69) is 42.5 Å². The van der Waals surface area contributed by atoms with Crippen molar-refractivity contribution in [1.82, 2.24) is 10.6 Å². The molecule has 0 radical (unpaired) electrons. The Hall–Kier alpha value is -1.60. The Labute approximate surface area is 144 Å². The molecule has 1 heterocycles. The normalized spacial score (nSPS) is 11.8. The Morgan fingerprint density at radius 2 is 1.91 bits per heavy atom. The van der Waals surface area contributed by atoms with E-state index in [9.17, 15) is 9.59 Å². The number of rotatable bonds is 5. The van der Waals surface area contributed by atoms with Crippen LogP contribution in [-0.4, -0.2) is 18.4 Å². The summed E-state index contributed by atoms with van der Waals surface area (Å²) in [6, 6.07) is 10.6. The van der Waals surface area contributed by atoms with Crippen molar-refractivity contribution in [2.24, 2.45) is 0 Å². The van der Waals surface area contributed by atoms with Gasteiger partial charge in [-0.25, -0.2) is 0 Å². The van der Waals surface area contributed by atoms with Gasteiger partial charge in [0, 0.05) is 4.47 Å². The Morgan fingerprint density at radius 1 is 1.18 bits per heavy atom. The number of hydrogen-bond acceptors (Lipinski definition) is 3. The van der Waals surface area contributed by atoms with Crippen molar-refractivity contribution >= 4 is 43.7 Å². The fourth-order valence-corrected chi connectivity index (χ4v) is 2.82. The largest absolute Gasteiger partial charge is 0.444 e. The zero-order valence-corrected chi connectivity index (χ0v) is 14.9. The van der Waals surface area contributed by atoms with E-state index in [0.717, 1.165) is 10.0 Å². The van der Waals surface area contributed by atoms with E-state index in [1.807, 2.05) is 31.2 Å². The van der Waals surface area contributed by atoms with Crippen LogP contribution < -0.4 is 10.6 Å². The molecule has 0 aliphatic heterocycles. The number of furan rings is 1. The summed E-state index contributed by atoms with van der Waals surface area (Å²) in [7, 11) is 0. The topological polar surface area (TPSA) is 71.3 Å². The van der Waals surface area contributed by atoms with E-state index < -0.39 is 5.91 Å². The van der Waals surface area contributed by atoms with Crippen LogP contribution in [0.1, 0.15) is 29.1 Å². The standard InChI is InChI=1S/C15H14Br2N2O3/c1-9(10-4-2-3-5-11(10)16)19-14(20)8-18-15(21)12-6-7-13(17)22-12/h2-7,9H,8H2,1H3,(H,18,21)(H,19,20). The van der Waals surface area contributed by atoms with Gasteiger partial charge in [0.05, 0.1) is 12.6 Å². The summed E-state index contributed by atoms with van der Waals surface area (Å²) in [4.78, 5) is 23.7. The molecule has 5 nitrogen and oxygen atoms in total. The van der Waals surface area contributed by atoms with Gasteiger partial charge >= 0.3 is 0 Å². The number of hydrogen-bond donors (Lipinski definition) is 2. The number of amides is 2. The molecule has 1 aromatic carbocycles. The monoisotopic (exact) mass is 428 g/mol. The maximum atomic E-state index is 11.9. The van der Waals surface area contributed by atoms with Gasteiger partial charge in [-0.1, -0.05) is 34.1 Å². The lowest BCUT2D eigenvalue weighted by Gasteiger charge is -2.16. The maximum Gasteiger partial charge on any atom is 0.287 e. The summed E-state index contributed by atoms with van der Waals surface area (Å²) < 4.78 is 6.50. The molecule has 2 aromatic rings. The highest BCUT2D eigenvalue weighted by molar-refractivity contribution is 9.10. The summed E-state index contributed by atoms with van der Waals surface area (Å²) in [6.45, 7) is 1.76. The molecule has 2 rings (SSSR count). The molecule has 0 saturated carbocycles. The predicted molar refractivity (Wildman–Crippen MR) is 89.4 cm³/mol. The average Bonchev–Trinajstić information content (AvgIpc) is 2.91. The molecular weight excluding hydrogens is 416 g/mol. The quantitative estimate of drug-likeness (QED) is 0.764. The first kappa shape index (κ1) is 16.8. The van der Waals surface area contributed by atoms with Crippen LogP contribution in [0.25, 0.3) is 0 Å². The van der Waals surface area contributed by atoms with E-state index in [1.54, 1.807) is 6.07 Å². The highest BCUT2D eigenvalue weighted by Gasteiger charge is 2.14. The van der Waals surface area contributed by atoms with E-state index in [0.29, 0.717) is 4.67 Å². The molecule has 7 heteroatoms. The molecule has 1 aromatic heterocycles. The molecule has 2 amide bonds. The third kappa shape index (κ3) is 4.45. The minimum absolute atomic E-state index is 0.119. The van der Waals surface area contributed by atoms with Gasteiger partial charge in [0.25, 0.3) is 5.91 Å². The highest BCUT2D eigenvalue weighted by atomic mass is 79.9. The van der Waals surface area contributed by atoms with Gasteiger partial charge in [-0.15, -0.1) is 0 Å². The molecule has 0 bridgehead atoms. The summed E-state index contributed by atoms with van der Waals surface area (Å²) >= 11 is 6.56. The fraction of sp³-hybridized carbons (Fsp3) is 0.200. The first-order valence-corrected chi connectivity index (χ1v) is 8.13. The molecule has 1 unspecified atom stereocenters. The molecule has 0 aliphatic carbocycles. The molecule has 22 heavy (non-hydrogen) atoms. The zero-order valence-electron chi connectivity index (χ0n) is 11.7. The van der Waals surface area contributed by atoms with E-state index in [1.165, 1.54) is 6.07 Å². The highest BCUT2D eigenvalue weighted by Crippen LogP contribution is 2.22. The molecule has 0 aliphatic rings. The van der Waals surface area contributed by atoms with E-state index in [4.69, 9.17) is 4.42 Å². The summed E-state index contributed by atoms with van der Waals surface area (Å²) in [5.74, 6) is -0.560. The first-order valence-electron chi connectivity index (χ1n) is 6.54. The minimum Gasteiger partial charge on any atom is -0.444 e. The van der Waals surface area contributed by atoms with Crippen LogP contribution in [-0.2, 0) is 4.79 Å². The number of carbonyl (C=O) groups is 2. The Bertz CT molecular complexity index is 685. The fourth-order valence-electron chi connectivity index (χ4n) is 1.88. The summed E-state index contributed by atoms with van der Waals surface area (Å²) in [5, 5.41) is 5.33. The second kappa shape index (κ2) is 7.60. The number of halogens is 2. The van der Waals surface area contributed by atoms with Gasteiger partial charge in [-0.05, 0) is 46.6 Å². The molecular formula is C15H14Br2N2O3. The first-order chi connectivity index (χ1) is 10.5. The molecule has 116 valence electrons. The maximum absolute atomic E-state index is 11.9. The molecule has 2 N–H and O–H groups in total. The lowest BCUT2D eigenvalue weighted by atomic mass is 10.1. The Kier molecular flexibility index (Phi) is 5.79. The average molecular weight is 430 g/mol. The zero-order chi connectivity index (χ0) is 16.1. The summed E-state index contributed by atoms with van der Waals surface area (Å²) in [6.07, 6.45) is 0. The van der Waals surface area contributed by atoms with E-state index >= 15 is 0 Å². The van der Waals surface area contributed by atoms with Crippen LogP contribution in [0.5, 0.6) is 0 Å². The molecule has 0 spiro atoms. The van der Waals surface area contributed by atoms with Crippen LogP contribution in [0.15, 0.2) is 50.0 Å². The lowest BCUT2D eigenvalue weighted by Crippen LogP contribution is -2.38. The second-order valence-electron chi connectivity index (χ2n) is 4.60. The number of carbonyl (C=O) groups excluding carboxylic acids is 2. The smallest absolute Gasteiger partial charge is 0.287 e. The van der Waals surface area contributed by atoms with Crippen molar-refractivity contribution in [2.75, 3.05) is 6.54 Å². The van der Waals surface area contributed by atoms with Gasteiger partial charge in [0.1, 0.15) is 0 Å². The molecule has 0 fully saturated rings. The van der Waals surface area contributed by atoms with Crippen molar-refractivity contribution in [3.8, 4) is 0 Å². The SMILES string of the molecule is CC(NC(=O)CNC(=O)c1ccc(Br)o1)c1ccccc1Br. The number of nitrogens with one attached hydrogen (secondary N) is 2. The van der Waals surface area contributed by atoms with Crippen molar-refractivity contribution in [1.29, 1.82) is 0 Å². The van der Waals surface area contributed by atoms with Crippen molar-refractivity contribution in [2.45, 2.75) is 13.0 Å². The van der Waals surface area contributed by atoms with Gasteiger partial charge in [-0.2, -0.15) is 0 Å². The van der Waals surface area contributed by atoms with Gasteiger partial charge in [0.15, 0.2) is 10.4 Å². The lowest BCUT2D eigenvalue weighted by molar-refractivity contribution is -0.120. The Balaban J connectivity index is 1.85. The molecule has 0 saturated heterocycles. The van der Waals surface area contributed by atoms with Crippen molar-refractivity contribution in [3.63, 3.8) is 0 Å². The van der Waals surface area contributed by atoms with Crippen LogP contribution in [0.3, 0.4) is 0 Å². The van der Waals surface area contributed by atoms with Crippen LogP contribution in [0, 0.1) is 0 Å². The molecule has 1 atom stereocenters. The minimum atomic E-state index is -0.436. The van der Waals surface area contributed by atoms with Crippen molar-refractivity contribution in [3.05, 3.63) is 56.9 Å². The van der Waals surface area contributed by atoms with Crippen LogP contribution in [0.4, 0.5) is 0 Å². The van der Waals surface area contributed by atoms with Gasteiger partial charge in [0.2, 0.25) is 5.91 Å². The van der Waals surface area contributed by atoms with Crippen LogP contribution >= 0.6 is 31.9 Å². The predicted octanol–water partition coefficient (Wildman–Crippen LogP) is 3.41. The second-order valence-corrected chi connectivity index (χ2v) is 6.23. The van der Waals surface area contributed by atoms with Gasteiger partial charge < -0.3 is 15.1 Å². The van der Waals surface area contributed by atoms with E-state index in [-0.39, 0.29) is 24.3 Å². The number of benzene rings is 1. The van der Waals surface area contributed by atoms with Gasteiger partial charge in [-0.3, -0.25) is 9.59 Å². The summed E-state index contributed by atoms with van der Waals surface area (Å²) in [5.41, 5.74) is 0.970.